The average Bonchev–Trinajstić information content (AvgIpc) is 3.16. The van der Waals surface area contributed by atoms with Crippen molar-refractivity contribution in [2.24, 2.45) is 0 Å². The number of benzene rings is 1. The lowest BCUT2D eigenvalue weighted by atomic mass is 9.96. The van der Waals surface area contributed by atoms with Crippen molar-refractivity contribution in [3.63, 3.8) is 0 Å². The molecule has 0 aliphatic heterocycles. The van der Waals surface area contributed by atoms with Gasteiger partial charge in [-0.1, -0.05) is 47.6 Å². The quantitative estimate of drug-likeness (QED) is 0.567. The molecule has 0 saturated heterocycles. The first-order valence-electron chi connectivity index (χ1n) is 9.22. The van der Waals surface area contributed by atoms with Gasteiger partial charge < -0.3 is 9.30 Å². The van der Waals surface area contributed by atoms with Crippen molar-refractivity contribution in [3.8, 4) is 5.75 Å². The van der Waals surface area contributed by atoms with E-state index in [-0.39, 0.29) is 0 Å². The van der Waals surface area contributed by atoms with Crippen LogP contribution >= 0.6 is 0 Å². The molecule has 1 aromatic carbocycles. The number of allylic oxidation sites excluding steroid dienone is 7. The van der Waals surface area contributed by atoms with Gasteiger partial charge in [-0.05, 0) is 62.9 Å². The molecule has 142 valence electrons. The predicted octanol–water partition coefficient (Wildman–Crippen LogP) is 5.98. The average molecular weight is 363 g/mol. The van der Waals surface area contributed by atoms with Gasteiger partial charge in [0, 0.05) is 18.9 Å². The van der Waals surface area contributed by atoms with E-state index in [1.807, 2.05) is 17.1 Å². The maximum absolute atomic E-state index is 5.45. The Morgan fingerprint density at radius 3 is 2.56 bits per heavy atom. The Labute approximate surface area is 163 Å². The van der Waals surface area contributed by atoms with Crippen LogP contribution in [0.3, 0.4) is 0 Å². The first kappa shape index (κ1) is 20.5. The molecule has 0 saturated carbocycles. The van der Waals surface area contributed by atoms with E-state index in [9.17, 15) is 0 Å². The molecule has 0 spiro atoms. The Hall–Kier alpha value is -2.81. The van der Waals surface area contributed by atoms with Crippen molar-refractivity contribution < 1.29 is 4.74 Å². The van der Waals surface area contributed by atoms with Crippen LogP contribution in [0.25, 0.3) is 6.08 Å². The fourth-order valence-electron chi connectivity index (χ4n) is 2.87. The fourth-order valence-corrected chi connectivity index (χ4v) is 2.87. The van der Waals surface area contributed by atoms with Gasteiger partial charge in [0.1, 0.15) is 5.75 Å². The molecule has 3 heteroatoms. The molecular weight excluding hydrogens is 332 g/mol. The highest BCUT2D eigenvalue weighted by Gasteiger charge is 2.08. The van der Waals surface area contributed by atoms with E-state index in [1.54, 1.807) is 13.3 Å². The van der Waals surface area contributed by atoms with Crippen LogP contribution in [-0.4, -0.2) is 16.7 Å². The van der Waals surface area contributed by atoms with Crippen molar-refractivity contribution in [2.75, 3.05) is 7.11 Å². The Morgan fingerprint density at radius 1 is 1.11 bits per heavy atom. The lowest BCUT2D eigenvalue weighted by molar-refractivity contribution is 0.411. The number of methoxy groups -OCH3 is 1. The van der Waals surface area contributed by atoms with Crippen LogP contribution in [0.4, 0.5) is 0 Å². The molecule has 0 N–H and O–H groups in total. The normalized spacial score (nSPS) is 13.1. The van der Waals surface area contributed by atoms with E-state index in [0.717, 1.165) is 12.3 Å². The number of hydrogen-bond donors (Lipinski definition) is 0. The Kier molecular flexibility index (Phi) is 7.42. The number of nitrogens with zero attached hydrogens (tertiary/aromatic N) is 2. The van der Waals surface area contributed by atoms with Gasteiger partial charge in [0.15, 0.2) is 0 Å². The van der Waals surface area contributed by atoms with E-state index >= 15 is 0 Å². The van der Waals surface area contributed by atoms with Gasteiger partial charge in [-0.15, -0.1) is 0 Å². The summed E-state index contributed by atoms with van der Waals surface area (Å²) in [4.78, 5) is 4.05. The molecule has 0 radical (unpaired) electrons. The zero-order valence-electron chi connectivity index (χ0n) is 17.3. The molecule has 0 atom stereocenters. The minimum atomic E-state index is 0.841. The van der Waals surface area contributed by atoms with Gasteiger partial charge in [0.05, 0.1) is 13.4 Å². The van der Waals surface area contributed by atoms with Gasteiger partial charge in [-0.3, -0.25) is 0 Å². The topological polar surface area (TPSA) is 27.1 Å². The van der Waals surface area contributed by atoms with Crippen LogP contribution in [0.2, 0.25) is 0 Å². The van der Waals surface area contributed by atoms with Gasteiger partial charge in [0.25, 0.3) is 0 Å². The third kappa shape index (κ3) is 5.85. The summed E-state index contributed by atoms with van der Waals surface area (Å²) in [5.74, 6) is 0.954. The Balaban J connectivity index is 2.05. The van der Waals surface area contributed by atoms with Crippen LogP contribution in [0.15, 0.2) is 66.3 Å². The molecule has 1 aromatic heterocycles. The molecule has 1 heterocycles. The van der Waals surface area contributed by atoms with Crippen LogP contribution in [-0.2, 0) is 6.54 Å². The fraction of sp³-hybridized carbons (Fsp3) is 0.292. The van der Waals surface area contributed by atoms with Crippen LogP contribution in [0, 0.1) is 20.8 Å². The number of rotatable bonds is 7. The maximum Gasteiger partial charge on any atom is 0.122 e. The summed E-state index contributed by atoms with van der Waals surface area (Å²) in [6.07, 6.45) is 18.5. The number of hydrogen-bond acceptors (Lipinski definition) is 2. The van der Waals surface area contributed by atoms with E-state index < -0.39 is 0 Å². The number of ether oxygens (including phenoxy) is 1. The monoisotopic (exact) mass is 362 g/mol. The largest absolute Gasteiger partial charge is 0.496 e. The third-order valence-corrected chi connectivity index (χ3v) is 4.74. The Bertz CT molecular complexity index is 882. The summed E-state index contributed by atoms with van der Waals surface area (Å²) in [7, 11) is 1.72. The van der Waals surface area contributed by atoms with Crippen molar-refractivity contribution in [1.29, 1.82) is 0 Å². The van der Waals surface area contributed by atoms with Gasteiger partial charge in [-0.25, -0.2) is 4.98 Å². The summed E-state index contributed by atoms with van der Waals surface area (Å²) in [6.45, 7) is 11.5. The predicted molar refractivity (Wildman–Crippen MR) is 115 cm³/mol. The summed E-state index contributed by atoms with van der Waals surface area (Å²) >= 11 is 0. The van der Waals surface area contributed by atoms with Crippen LogP contribution < -0.4 is 4.74 Å². The lowest BCUT2D eigenvalue weighted by Gasteiger charge is -2.13. The summed E-state index contributed by atoms with van der Waals surface area (Å²) in [6, 6.07) is 2.11. The molecule has 0 unspecified atom stereocenters. The molecule has 0 fully saturated rings. The zero-order chi connectivity index (χ0) is 19.8. The molecule has 0 aliphatic carbocycles. The Morgan fingerprint density at radius 2 is 1.89 bits per heavy atom. The summed E-state index contributed by atoms with van der Waals surface area (Å²) < 4.78 is 7.50. The second kappa shape index (κ2) is 9.77. The van der Waals surface area contributed by atoms with Gasteiger partial charge in [0.2, 0.25) is 0 Å². The first-order chi connectivity index (χ1) is 12.9. The van der Waals surface area contributed by atoms with Crippen LogP contribution in [0.1, 0.15) is 36.1 Å². The molecule has 0 bridgehead atoms. The van der Waals surface area contributed by atoms with Crippen molar-refractivity contribution >= 4 is 6.08 Å². The molecule has 27 heavy (non-hydrogen) atoms. The van der Waals surface area contributed by atoms with E-state index in [2.05, 4.69) is 82.1 Å². The standard InChI is InChI=1S/C24H30N2O/c1-18(8-7-9-19(2)12-14-26-15-13-25-17-26)10-11-23-20(3)16-24(27-6)22(5)21(23)4/h7-13,15-17H,14H2,1-6H3/b9-7+,11-10+,18-8+,19-12+. The number of aromatic nitrogens is 2. The lowest BCUT2D eigenvalue weighted by Crippen LogP contribution is -1.95. The smallest absolute Gasteiger partial charge is 0.122 e. The van der Waals surface area contributed by atoms with Crippen LogP contribution in [0.5, 0.6) is 5.75 Å². The minimum Gasteiger partial charge on any atom is -0.496 e. The molecule has 0 aliphatic rings. The van der Waals surface area contributed by atoms with Gasteiger partial charge in [-0.2, -0.15) is 0 Å². The molecule has 2 rings (SSSR count). The second-order valence-electron chi connectivity index (χ2n) is 6.87. The highest BCUT2D eigenvalue weighted by molar-refractivity contribution is 5.64. The molecule has 3 nitrogen and oxygen atoms in total. The SMILES string of the molecule is COc1cc(C)c(/C=C/C(C)=C/C=C/C(C)=C/Cn2ccnc2)c(C)c1C. The highest BCUT2D eigenvalue weighted by atomic mass is 16.5. The summed E-state index contributed by atoms with van der Waals surface area (Å²) in [5.41, 5.74) is 7.40. The van der Waals surface area contributed by atoms with E-state index in [1.165, 1.54) is 33.4 Å². The highest BCUT2D eigenvalue weighted by Crippen LogP contribution is 2.28. The minimum absolute atomic E-state index is 0.841. The van der Waals surface area contributed by atoms with E-state index in [4.69, 9.17) is 4.74 Å². The van der Waals surface area contributed by atoms with Gasteiger partial charge >= 0.3 is 0 Å². The molecular formula is C24H30N2O. The number of aryl methyl sites for hydroxylation is 1. The molecule has 0 amide bonds. The summed E-state index contributed by atoms with van der Waals surface area (Å²) in [5, 5.41) is 0. The van der Waals surface area contributed by atoms with Crippen molar-refractivity contribution in [1.82, 2.24) is 9.55 Å². The zero-order valence-corrected chi connectivity index (χ0v) is 17.3. The number of imidazole rings is 1. The molecule has 2 aromatic rings. The first-order valence-corrected chi connectivity index (χ1v) is 9.22. The van der Waals surface area contributed by atoms with Crippen molar-refractivity contribution in [2.45, 2.75) is 41.2 Å². The maximum atomic E-state index is 5.45. The van der Waals surface area contributed by atoms with Crippen molar-refractivity contribution in [3.05, 3.63) is 88.6 Å². The third-order valence-electron chi connectivity index (χ3n) is 4.74. The second-order valence-corrected chi connectivity index (χ2v) is 6.87. The van der Waals surface area contributed by atoms with E-state index in [0.29, 0.717) is 0 Å².